The van der Waals surface area contributed by atoms with Gasteiger partial charge in [-0.05, 0) is 25.3 Å². The summed E-state index contributed by atoms with van der Waals surface area (Å²) in [7, 11) is 0. The van der Waals surface area contributed by atoms with Gasteiger partial charge in [0.05, 0.1) is 12.3 Å². The van der Waals surface area contributed by atoms with Crippen LogP contribution in [0.1, 0.15) is 17.3 Å². The number of carbonyl (C=O) groups excluding carboxylic acids is 1. The summed E-state index contributed by atoms with van der Waals surface area (Å²) in [6, 6.07) is 1.56. The molecule has 0 aliphatic heterocycles. The summed E-state index contributed by atoms with van der Waals surface area (Å²) in [6.45, 7) is 1.50. The number of halogens is 2. The SMILES string of the molecule is CSC(CO)C(C)NC(=O)c1c(F)ccc(N)c1F. The molecule has 4 nitrogen and oxygen atoms in total. The summed E-state index contributed by atoms with van der Waals surface area (Å²) in [5.41, 5.74) is 4.31. The number of benzene rings is 1. The molecule has 0 heterocycles. The Labute approximate surface area is 114 Å². The number of carbonyl (C=O) groups is 1. The van der Waals surface area contributed by atoms with Crippen molar-refractivity contribution in [1.29, 1.82) is 0 Å². The Morgan fingerprint density at radius 2 is 2.16 bits per heavy atom. The maximum absolute atomic E-state index is 13.6. The van der Waals surface area contributed by atoms with Gasteiger partial charge < -0.3 is 16.2 Å². The lowest BCUT2D eigenvalue weighted by atomic mass is 10.1. The van der Waals surface area contributed by atoms with Crippen LogP contribution in [0.25, 0.3) is 0 Å². The molecule has 1 aromatic carbocycles. The van der Waals surface area contributed by atoms with Gasteiger partial charge in [-0.15, -0.1) is 0 Å². The van der Waals surface area contributed by atoms with Gasteiger partial charge in [0.1, 0.15) is 11.4 Å². The van der Waals surface area contributed by atoms with Crippen molar-refractivity contribution in [2.24, 2.45) is 0 Å². The third-order valence-electron chi connectivity index (χ3n) is 2.75. The Hall–Kier alpha value is -1.34. The van der Waals surface area contributed by atoms with E-state index in [1.807, 2.05) is 0 Å². The Balaban J connectivity index is 2.93. The first-order valence-corrected chi connectivity index (χ1v) is 6.89. The molecule has 7 heteroatoms. The lowest BCUT2D eigenvalue weighted by Crippen LogP contribution is -2.41. The number of anilines is 1. The molecule has 0 fully saturated rings. The minimum atomic E-state index is -1.07. The van der Waals surface area contributed by atoms with Gasteiger partial charge in [0.25, 0.3) is 5.91 Å². The van der Waals surface area contributed by atoms with E-state index in [9.17, 15) is 13.6 Å². The lowest BCUT2D eigenvalue weighted by molar-refractivity contribution is 0.0927. The Morgan fingerprint density at radius 1 is 1.53 bits per heavy atom. The molecular weight excluding hydrogens is 274 g/mol. The van der Waals surface area contributed by atoms with Gasteiger partial charge in [-0.1, -0.05) is 0 Å². The van der Waals surface area contributed by atoms with Gasteiger partial charge in [-0.2, -0.15) is 11.8 Å². The number of hydrogen-bond acceptors (Lipinski definition) is 4. The average Bonchev–Trinajstić information content (AvgIpc) is 2.36. The van der Waals surface area contributed by atoms with Crippen molar-refractivity contribution in [3.05, 3.63) is 29.3 Å². The zero-order valence-electron chi connectivity index (χ0n) is 10.6. The van der Waals surface area contributed by atoms with Crippen LogP contribution >= 0.6 is 11.8 Å². The van der Waals surface area contributed by atoms with E-state index in [-0.39, 0.29) is 17.5 Å². The summed E-state index contributed by atoms with van der Waals surface area (Å²) in [5, 5.41) is 11.3. The molecule has 0 aliphatic rings. The summed E-state index contributed by atoms with van der Waals surface area (Å²) >= 11 is 1.35. The predicted molar refractivity (Wildman–Crippen MR) is 72.1 cm³/mol. The second-order valence-electron chi connectivity index (χ2n) is 4.04. The number of nitrogen functional groups attached to an aromatic ring is 1. The molecule has 1 aromatic rings. The molecule has 4 N–H and O–H groups in total. The molecule has 19 heavy (non-hydrogen) atoms. The Morgan fingerprint density at radius 3 is 2.68 bits per heavy atom. The molecule has 1 rings (SSSR count). The number of aliphatic hydroxyl groups excluding tert-OH is 1. The van der Waals surface area contributed by atoms with Gasteiger partial charge in [0.15, 0.2) is 5.82 Å². The largest absolute Gasteiger partial charge is 0.396 e. The van der Waals surface area contributed by atoms with Crippen molar-refractivity contribution in [2.75, 3.05) is 18.6 Å². The van der Waals surface area contributed by atoms with Crippen molar-refractivity contribution in [2.45, 2.75) is 18.2 Å². The minimum Gasteiger partial charge on any atom is -0.396 e. The Kier molecular flexibility index (Phi) is 5.56. The molecule has 0 radical (unpaired) electrons. The molecular formula is C12H16F2N2O2S. The monoisotopic (exact) mass is 290 g/mol. The van der Waals surface area contributed by atoms with E-state index in [0.717, 1.165) is 12.1 Å². The minimum absolute atomic E-state index is 0.148. The molecule has 1 amide bonds. The number of thioether (sulfide) groups is 1. The van der Waals surface area contributed by atoms with Crippen LogP contribution in [-0.4, -0.2) is 35.2 Å². The number of hydrogen-bond donors (Lipinski definition) is 3. The summed E-state index contributed by atoms with van der Waals surface area (Å²) in [6.07, 6.45) is 1.77. The Bertz CT molecular complexity index is 467. The first-order chi connectivity index (χ1) is 8.92. The van der Waals surface area contributed by atoms with E-state index in [1.54, 1.807) is 13.2 Å². The van der Waals surface area contributed by atoms with Crippen LogP contribution in [-0.2, 0) is 0 Å². The van der Waals surface area contributed by atoms with Gasteiger partial charge >= 0.3 is 0 Å². The van der Waals surface area contributed by atoms with E-state index in [4.69, 9.17) is 10.8 Å². The number of nitrogens with two attached hydrogens (primary N) is 1. The first kappa shape index (κ1) is 15.7. The van der Waals surface area contributed by atoms with Crippen molar-refractivity contribution in [1.82, 2.24) is 5.32 Å². The van der Waals surface area contributed by atoms with Crippen LogP contribution in [0.3, 0.4) is 0 Å². The zero-order chi connectivity index (χ0) is 14.6. The summed E-state index contributed by atoms with van der Waals surface area (Å²) in [5.74, 6) is -2.93. The highest BCUT2D eigenvalue weighted by molar-refractivity contribution is 7.99. The summed E-state index contributed by atoms with van der Waals surface area (Å²) < 4.78 is 27.1. The molecule has 0 saturated carbocycles. The van der Waals surface area contributed by atoms with Crippen LogP contribution in [0.2, 0.25) is 0 Å². The average molecular weight is 290 g/mol. The van der Waals surface area contributed by atoms with Crippen LogP contribution in [0.5, 0.6) is 0 Å². The molecule has 0 bridgehead atoms. The molecule has 2 unspecified atom stereocenters. The highest BCUT2D eigenvalue weighted by Gasteiger charge is 2.23. The number of amides is 1. The fourth-order valence-electron chi connectivity index (χ4n) is 1.59. The van der Waals surface area contributed by atoms with E-state index < -0.39 is 29.1 Å². The number of nitrogens with one attached hydrogen (secondary N) is 1. The molecule has 2 atom stereocenters. The fraction of sp³-hybridized carbons (Fsp3) is 0.417. The van der Waals surface area contributed by atoms with Gasteiger partial charge in [-0.25, -0.2) is 8.78 Å². The van der Waals surface area contributed by atoms with E-state index in [2.05, 4.69) is 5.32 Å². The topological polar surface area (TPSA) is 75.3 Å². The van der Waals surface area contributed by atoms with E-state index in [1.165, 1.54) is 11.8 Å². The molecule has 106 valence electrons. The predicted octanol–water partition coefficient (Wildman–Crippen LogP) is 1.39. The summed E-state index contributed by atoms with van der Waals surface area (Å²) in [4.78, 5) is 11.8. The molecule has 0 aliphatic carbocycles. The third-order valence-corrected chi connectivity index (χ3v) is 3.91. The quantitative estimate of drug-likeness (QED) is 0.716. The molecule has 0 aromatic heterocycles. The number of rotatable bonds is 5. The van der Waals surface area contributed by atoms with Gasteiger partial charge in [0, 0.05) is 11.3 Å². The number of aliphatic hydroxyl groups is 1. The van der Waals surface area contributed by atoms with E-state index in [0.29, 0.717) is 0 Å². The van der Waals surface area contributed by atoms with Crippen LogP contribution < -0.4 is 11.1 Å². The standard InChI is InChI=1S/C12H16F2N2O2S/c1-6(9(5-17)19-2)16-12(18)10-7(13)3-4-8(15)11(10)14/h3-4,6,9,17H,5,15H2,1-2H3,(H,16,18). The van der Waals surface area contributed by atoms with E-state index >= 15 is 0 Å². The van der Waals surface area contributed by atoms with Crippen molar-refractivity contribution in [3.8, 4) is 0 Å². The second-order valence-corrected chi connectivity index (χ2v) is 5.12. The molecule has 0 saturated heterocycles. The fourth-order valence-corrected chi connectivity index (χ4v) is 2.21. The third kappa shape index (κ3) is 3.57. The molecule has 0 spiro atoms. The van der Waals surface area contributed by atoms with Crippen LogP contribution in [0, 0.1) is 11.6 Å². The maximum atomic E-state index is 13.6. The second kappa shape index (κ2) is 6.72. The van der Waals surface area contributed by atoms with Gasteiger partial charge in [0.2, 0.25) is 0 Å². The smallest absolute Gasteiger partial charge is 0.257 e. The lowest BCUT2D eigenvalue weighted by Gasteiger charge is -2.21. The van der Waals surface area contributed by atoms with Crippen molar-refractivity contribution >= 4 is 23.4 Å². The van der Waals surface area contributed by atoms with Crippen LogP contribution in [0.4, 0.5) is 14.5 Å². The normalized spacial score (nSPS) is 13.9. The first-order valence-electron chi connectivity index (χ1n) is 5.60. The van der Waals surface area contributed by atoms with Crippen molar-refractivity contribution in [3.63, 3.8) is 0 Å². The highest BCUT2D eigenvalue weighted by Crippen LogP contribution is 2.19. The van der Waals surface area contributed by atoms with Gasteiger partial charge in [-0.3, -0.25) is 4.79 Å². The zero-order valence-corrected chi connectivity index (χ0v) is 11.4. The van der Waals surface area contributed by atoms with Crippen molar-refractivity contribution < 1.29 is 18.7 Å². The van der Waals surface area contributed by atoms with Crippen LogP contribution in [0.15, 0.2) is 12.1 Å². The highest BCUT2D eigenvalue weighted by atomic mass is 32.2. The maximum Gasteiger partial charge on any atom is 0.257 e.